The molecule has 46 heavy (non-hydrogen) atoms. The van der Waals surface area contributed by atoms with Gasteiger partial charge in [-0.15, -0.1) is 0 Å². The Morgan fingerprint density at radius 1 is 0.717 bits per heavy atom. The lowest BCUT2D eigenvalue weighted by Crippen LogP contribution is -2.75. The number of hydrogen-bond acceptors (Lipinski definition) is 6. The molecule has 0 saturated carbocycles. The number of nitrogens with zero attached hydrogens (tertiary/aromatic N) is 1. The Balaban J connectivity index is 0. The van der Waals surface area contributed by atoms with E-state index in [4.69, 9.17) is 18.4 Å². The predicted molar refractivity (Wildman–Crippen MR) is 121 cm³/mol. The van der Waals surface area contributed by atoms with Gasteiger partial charge in [-0.05, 0) is 6.42 Å². The van der Waals surface area contributed by atoms with Gasteiger partial charge in [0.2, 0.25) is 0 Å². The third-order valence-electron chi connectivity index (χ3n) is 5.71. The van der Waals surface area contributed by atoms with E-state index < -0.39 is 102 Å². The lowest BCUT2D eigenvalue weighted by atomic mass is 9.91. The molecule has 0 saturated heterocycles. The van der Waals surface area contributed by atoms with Gasteiger partial charge in [0.25, 0.3) is 10.0 Å². The summed E-state index contributed by atoms with van der Waals surface area (Å²) in [6, 6.07) is -0.493. The fraction of sp³-hybridized carbons (Fsp3) is 0.842. The fourth-order valence-electron chi connectivity index (χ4n) is 2.95. The van der Waals surface area contributed by atoms with E-state index in [2.05, 4.69) is 6.58 Å². The summed E-state index contributed by atoms with van der Waals surface area (Å²) in [6.07, 6.45) is -7.78. The maximum absolute atomic E-state index is 14.4. The summed E-state index contributed by atoms with van der Waals surface area (Å²) in [4.78, 5) is 9.25. The van der Waals surface area contributed by atoms with E-state index in [1.165, 1.54) is 0 Å². The van der Waals surface area contributed by atoms with Crippen LogP contribution in [0.1, 0.15) is 13.3 Å². The van der Waals surface area contributed by atoms with Crippen molar-refractivity contribution in [2.24, 2.45) is 0 Å². The van der Waals surface area contributed by atoms with Crippen molar-refractivity contribution in [3.8, 4) is 0 Å². The minimum Gasteiger partial charge on any atom is -0.478 e. The van der Waals surface area contributed by atoms with Crippen LogP contribution in [0.25, 0.3) is 0 Å². The second-order valence-electron chi connectivity index (χ2n) is 8.40. The minimum absolute atomic E-state index is 0.493. The highest BCUT2D eigenvalue weighted by atomic mass is 32.2. The molecule has 8 nitrogen and oxygen atoms in total. The van der Waals surface area contributed by atoms with Crippen molar-refractivity contribution in [1.82, 2.24) is 4.31 Å². The molecular formula is C19H24F17NO7SSi. The smallest absolute Gasteiger partial charge is 0.478 e. The molecule has 0 aromatic rings. The van der Waals surface area contributed by atoms with Crippen molar-refractivity contribution in [2.75, 3.05) is 34.4 Å². The molecule has 276 valence electrons. The maximum Gasteiger partial charge on any atom is 0.500 e. The van der Waals surface area contributed by atoms with Crippen LogP contribution >= 0.6 is 0 Å². The molecule has 0 aliphatic carbocycles. The van der Waals surface area contributed by atoms with E-state index in [0.717, 1.165) is 27.4 Å². The van der Waals surface area contributed by atoms with Crippen LogP contribution in [0, 0.1) is 0 Å². The lowest BCUT2D eigenvalue weighted by molar-refractivity contribution is -0.458. The number of hydrogen-bond donors (Lipinski definition) is 1. The second kappa shape index (κ2) is 14.6. The van der Waals surface area contributed by atoms with Gasteiger partial charge in [0.1, 0.15) is 0 Å². The SMILES string of the molecule is C=CC(=O)O.CCN(CCC[Si](OC)(OC)OC)S(=O)(=O)C(F)(F)C(F)(F)C(F)(F)C(F)(F)C(F)(F)C(F)(F)C(F)(F)C(F)(F)F. The van der Waals surface area contributed by atoms with Crippen molar-refractivity contribution in [1.29, 1.82) is 0 Å². The molecule has 0 spiro atoms. The van der Waals surface area contributed by atoms with Gasteiger partial charge in [0.15, 0.2) is 0 Å². The second-order valence-corrected chi connectivity index (χ2v) is 13.5. The van der Waals surface area contributed by atoms with Crippen LogP contribution < -0.4 is 0 Å². The molecule has 0 heterocycles. The summed E-state index contributed by atoms with van der Waals surface area (Å²) < 4.78 is 267. The van der Waals surface area contributed by atoms with Crippen LogP contribution in [-0.2, 0) is 28.1 Å². The predicted octanol–water partition coefficient (Wildman–Crippen LogP) is 6.13. The number of carboxylic acid groups (broad SMARTS) is 1. The number of aliphatic carboxylic acids is 1. The monoisotopic (exact) mass is 761 g/mol. The molecule has 0 rings (SSSR count). The molecule has 0 amide bonds. The van der Waals surface area contributed by atoms with E-state index in [0.29, 0.717) is 6.92 Å². The van der Waals surface area contributed by atoms with Gasteiger partial charge in [-0.3, -0.25) is 0 Å². The largest absolute Gasteiger partial charge is 0.500 e. The molecule has 0 bridgehead atoms. The highest BCUT2D eigenvalue weighted by Gasteiger charge is 2.96. The molecule has 1 N–H and O–H groups in total. The Labute approximate surface area is 249 Å². The number of alkyl halides is 17. The van der Waals surface area contributed by atoms with Crippen molar-refractivity contribution in [3.05, 3.63) is 12.7 Å². The van der Waals surface area contributed by atoms with E-state index >= 15 is 0 Å². The molecule has 0 aromatic heterocycles. The molecule has 0 aliphatic rings. The van der Waals surface area contributed by atoms with Gasteiger partial charge >= 0.3 is 61.7 Å². The van der Waals surface area contributed by atoms with Crippen LogP contribution in [0.3, 0.4) is 0 Å². The van der Waals surface area contributed by atoms with Crippen molar-refractivity contribution >= 4 is 24.8 Å². The average molecular weight is 762 g/mol. The van der Waals surface area contributed by atoms with Crippen LogP contribution in [0.5, 0.6) is 0 Å². The zero-order valence-electron chi connectivity index (χ0n) is 23.3. The van der Waals surface area contributed by atoms with E-state index in [-0.39, 0.29) is 0 Å². The van der Waals surface area contributed by atoms with Gasteiger partial charge in [-0.1, -0.05) is 13.5 Å². The minimum atomic E-state index is -8.88. The standard InChI is InChI=1S/C16H20F17NO5SSi.C3H4O2/c1-5-34(7-6-8-41(37-2,38-3)39-4)40(35,36)16(32,33)14(27,28)12(23,24)10(19,20)9(17,18)11(21,22)13(25,26)15(29,30)31;1-2-3(4)5/h5-8H2,1-4H3;2H,1H2,(H,4,5). The molecule has 0 unspecified atom stereocenters. The molecule has 0 radical (unpaired) electrons. The van der Waals surface area contributed by atoms with Crippen molar-refractivity contribution < 1.29 is 106 Å². The van der Waals surface area contributed by atoms with Crippen molar-refractivity contribution in [2.45, 2.75) is 66.4 Å². The maximum atomic E-state index is 14.4. The quantitative estimate of drug-likeness (QED) is 0.108. The Hall–Kier alpha value is -1.97. The number of sulfonamides is 1. The van der Waals surface area contributed by atoms with Gasteiger partial charge in [-0.25, -0.2) is 13.2 Å². The normalized spacial score (nSPS) is 15.0. The molecular weight excluding hydrogens is 737 g/mol. The highest BCUT2D eigenvalue weighted by Crippen LogP contribution is 2.64. The Bertz CT molecular complexity index is 1140. The summed E-state index contributed by atoms with van der Waals surface area (Å²) >= 11 is 0. The van der Waals surface area contributed by atoms with Gasteiger partial charge in [0, 0.05) is 46.5 Å². The van der Waals surface area contributed by atoms with E-state index in [1.54, 1.807) is 0 Å². The third kappa shape index (κ3) is 7.67. The fourth-order valence-corrected chi connectivity index (χ4v) is 6.14. The zero-order valence-corrected chi connectivity index (χ0v) is 25.1. The summed E-state index contributed by atoms with van der Waals surface area (Å²) in [5, 5.41) is 0.00609. The number of carbonyl (C=O) groups is 1. The van der Waals surface area contributed by atoms with Gasteiger partial charge in [0.05, 0.1) is 0 Å². The van der Waals surface area contributed by atoms with Crippen molar-refractivity contribution in [3.63, 3.8) is 0 Å². The lowest BCUT2D eigenvalue weighted by Gasteiger charge is -2.43. The van der Waals surface area contributed by atoms with Crippen LogP contribution in [-0.4, -0.2) is 114 Å². The van der Waals surface area contributed by atoms with Crippen LogP contribution in [0.2, 0.25) is 6.04 Å². The van der Waals surface area contributed by atoms with E-state index in [9.17, 15) is 87.8 Å². The number of halogens is 17. The summed E-state index contributed by atoms with van der Waals surface area (Å²) in [7, 11) is -8.00. The molecule has 0 fully saturated rings. The molecule has 0 atom stereocenters. The average Bonchev–Trinajstić information content (AvgIpc) is 2.92. The third-order valence-corrected chi connectivity index (χ3v) is 10.6. The first-order valence-electron chi connectivity index (χ1n) is 11.3. The Kier molecular flexibility index (Phi) is 14.7. The molecule has 27 heteroatoms. The summed E-state index contributed by atoms with van der Waals surface area (Å²) in [5.74, 6) is -52.8. The first kappa shape index (κ1) is 46.1. The topological polar surface area (TPSA) is 102 Å². The first-order valence-corrected chi connectivity index (χ1v) is 14.7. The van der Waals surface area contributed by atoms with E-state index in [1.807, 2.05) is 0 Å². The zero-order chi connectivity index (χ0) is 37.8. The number of carboxylic acids is 1. The van der Waals surface area contributed by atoms with Gasteiger partial charge in [-0.2, -0.15) is 78.9 Å². The van der Waals surface area contributed by atoms with Crippen LogP contribution in [0.15, 0.2) is 12.7 Å². The van der Waals surface area contributed by atoms with Crippen LogP contribution in [0.4, 0.5) is 74.6 Å². The highest BCUT2D eigenvalue weighted by molar-refractivity contribution is 7.90. The summed E-state index contributed by atoms with van der Waals surface area (Å²) in [5.41, 5.74) is 0. The summed E-state index contributed by atoms with van der Waals surface area (Å²) in [6.45, 7) is 0.884. The molecule has 0 aromatic carbocycles. The first-order chi connectivity index (χ1) is 20.1. The Morgan fingerprint density at radius 2 is 1.02 bits per heavy atom. The number of rotatable bonds is 17. The van der Waals surface area contributed by atoms with Gasteiger partial charge < -0.3 is 18.4 Å². The Morgan fingerprint density at radius 3 is 1.28 bits per heavy atom. The molecule has 0 aliphatic heterocycles.